The number of rotatable bonds is 6. The highest BCUT2D eigenvalue weighted by Crippen LogP contribution is 2.23. The molecule has 0 saturated carbocycles. The second-order valence-electron chi connectivity index (χ2n) is 5.60. The fourth-order valence-electron chi connectivity index (χ4n) is 2.62. The molecular formula is C17H24N2O2. The Hall–Kier alpha value is -1.97. The van der Waals surface area contributed by atoms with Crippen LogP contribution in [0.5, 0.6) is 5.75 Å². The fraction of sp³-hybridized carbons (Fsp3) is 0.471. The summed E-state index contributed by atoms with van der Waals surface area (Å²) in [5.41, 5.74) is 2.99. The van der Waals surface area contributed by atoms with E-state index in [1.165, 1.54) is 0 Å². The van der Waals surface area contributed by atoms with E-state index in [0.29, 0.717) is 0 Å². The maximum atomic E-state index is 12.3. The lowest BCUT2D eigenvalue weighted by molar-refractivity contribution is 0.414. The van der Waals surface area contributed by atoms with Crippen LogP contribution in [-0.4, -0.2) is 16.9 Å². The Kier molecular flexibility index (Phi) is 4.89. The van der Waals surface area contributed by atoms with Gasteiger partial charge in [0.2, 0.25) is 0 Å². The zero-order valence-corrected chi connectivity index (χ0v) is 13.3. The standard InChI is InChI=1S/C17H24N2O2/c1-5-6-7-15-16(12(2)3)19(18-17(15)20)13-8-10-14(21-4)11-9-13/h8-12H,5-7H2,1-4H3,(H,18,20). The molecule has 4 nitrogen and oxygen atoms in total. The normalized spacial score (nSPS) is 11.1. The summed E-state index contributed by atoms with van der Waals surface area (Å²) in [5.74, 6) is 1.10. The van der Waals surface area contributed by atoms with Gasteiger partial charge in [0.05, 0.1) is 18.5 Å². The molecule has 0 fully saturated rings. The summed E-state index contributed by atoms with van der Waals surface area (Å²) in [6, 6.07) is 7.74. The molecule has 1 aromatic heterocycles. The molecule has 0 bridgehead atoms. The average molecular weight is 288 g/mol. The van der Waals surface area contributed by atoms with E-state index in [2.05, 4.69) is 25.9 Å². The van der Waals surface area contributed by atoms with E-state index in [-0.39, 0.29) is 11.5 Å². The van der Waals surface area contributed by atoms with Gasteiger partial charge in [-0.05, 0) is 43.0 Å². The molecular weight excluding hydrogens is 264 g/mol. The monoisotopic (exact) mass is 288 g/mol. The highest BCUT2D eigenvalue weighted by atomic mass is 16.5. The Morgan fingerprint density at radius 3 is 2.43 bits per heavy atom. The molecule has 4 heteroatoms. The van der Waals surface area contributed by atoms with Gasteiger partial charge in [0.25, 0.3) is 5.56 Å². The van der Waals surface area contributed by atoms with E-state index in [4.69, 9.17) is 4.74 Å². The third-order valence-corrected chi connectivity index (χ3v) is 3.70. The molecule has 0 aliphatic carbocycles. The van der Waals surface area contributed by atoms with E-state index in [1.807, 2.05) is 28.9 Å². The van der Waals surface area contributed by atoms with Gasteiger partial charge in [0.1, 0.15) is 5.75 Å². The minimum Gasteiger partial charge on any atom is -0.497 e. The van der Waals surface area contributed by atoms with Crippen molar-refractivity contribution < 1.29 is 4.74 Å². The van der Waals surface area contributed by atoms with E-state index in [1.54, 1.807) is 7.11 Å². The maximum absolute atomic E-state index is 12.3. The predicted octanol–water partition coefficient (Wildman–Crippen LogP) is 3.64. The van der Waals surface area contributed by atoms with Crippen molar-refractivity contribution in [1.82, 2.24) is 9.78 Å². The molecule has 0 atom stereocenters. The molecule has 21 heavy (non-hydrogen) atoms. The van der Waals surface area contributed by atoms with E-state index < -0.39 is 0 Å². The Balaban J connectivity index is 2.49. The van der Waals surface area contributed by atoms with Gasteiger partial charge in [-0.2, -0.15) is 0 Å². The zero-order chi connectivity index (χ0) is 15.4. The van der Waals surface area contributed by atoms with Gasteiger partial charge in [-0.3, -0.25) is 14.6 Å². The predicted molar refractivity (Wildman–Crippen MR) is 85.6 cm³/mol. The summed E-state index contributed by atoms with van der Waals surface area (Å²) in [7, 11) is 1.65. The molecule has 1 N–H and O–H groups in total. The lowest BCUT2D eigenvalue weighted by Gasteiger charge is -2.13. The average Bonchev–Trinajstić information content (AvgIpc) is 2.82. The van der Waals surface area contributed by atoms with Crippen molar-refractivity contribution in [2.45, 2.75) is 46.0 Å². The minimum atomic E-state index is 0.0305. The van der Waals surface area contributed by atoms with E-state index in [0.717, 1.165) is 42.0 Å². The smallest absolute Gasteiger partial charge is 0.267 e. The largest absolute Gasteiger partial charge is 0.497 e. The van der Waals surface area contributed by atoms with Gasteiger partial charge in [0, 0.05) is 5.56 Å². The highest BCUT2D eigenvalue weighted by molar-refractivity contribution is 5.40. The van der Waals surface area contributed by atoms with Gasteiger partial charge in [0.15, 0.2) is 0 Å². The van der Waals surface area contributed by atoms with Gasteiger partial charge in [-0.1, -0.05) is 27.2 Å². The molecule has 0 amide bonds. The quantitative estimate of drug-likeness (QED) is 0.882. The highest BCUT2D eigenvalue weighted by Gasteiger charge is 2.18. The summed E-state index contributed by atoms with van der Waals surface area (Å²) < 4.78 is 7.10. The number of aromatic nitrogens is 2. The number of unbranched alkanes of at least 4 members (excludes halogenated alkanes) is 1. The molecule has 2 aromatic rings. The van der Waals surface area contributed by atoms with Crippen molar-refractivity contribution in [3.63, 3.8) is 0 Å². The molecule has 0 unspecified atom stereocenters. The molecule has 0 spiro atoms. The van der Waals surface area contributed by atoms with Crippen molar-refractivity contribution >= 4 is 0 Å². The summed E-state index contributed by atoms with van der Waals surface area (Å²) in [4.78, 5) is 12.3. The van der Waals surface area contributed by atoms with Crippen LogP contribution in [-0.2, 0) is 6.42 Å². The van der Waals surface area contributed by atoms with Crippen LogP contribution in [0.25, 0.3) is 5.69 Å². The summed E-state index contributed by atoms with van der Waals surface area (Å²) in [6.45, 7) is 6.39. The first kappa shape index (κ1) is 15.4. The number of benzene rings is 1. The number of H-pyrrole nitrogens is 1. The lowest BCUT2D eigenvalue weighted by atomic mass is 10.0. The van der Waals surface area contributed by atoms with Crippen molar-refractivity contribution in [1.29, 1.82) is 0 Å². The molecule has 1 heterocycles. The van der Waals surface area contributed by atoms with Crippen LogP contribution in [0.15, 0.2) is 29.1 Å². The lowest BCUT2D eigenvalue weighted by Crippen LogP contribution is -2.07. The fourth-order valence-corrected chi connectivity index (χ4v) is 2.62. The summed E-state index contributed by atoms with van der Waals surface area (Å²) >= 11 is 0. The number of methoxy groups -OCH3 is 1. The van der Waals surface area contributed by atoms with Gasteiger partial charge in [-0.25, -0.2) is 0 Å². The molecule has 1 aromatic carbocycles. The van der Waals surface area contributed by atoms with Gasteiger partial charge in [-0.15, -0.1) is 0 Å². The molecule has 0 aliphatic rings. The second-order valence-corrected chi connectivity index (χ2v) is 5.60. The summed E-state index contributed by atoms with van der Waals surface area (Å²) in [5, 5.41) is 2.98. The molecule has 0 saturated heterocycles. The van der Waals surface area contributed by atoms with Crippen LogP contribution in [0, 0.1) is 0 Å². The van der Waals surface area contributed by atoms with Crippen LogP contribution in [0.3, 0.4) is 0 Å². The number of ether oxygens (including phenoxy) is 1. The summed E-state index contributed by atoms with van der Waals surface area (Å²) in [6.07, 6.45) is 2.96. The molecule has 2 rings (SSSR count). The van der Waals surface area contributed by atoms with Crippen molar-refractivity contribution in [2.75, 3.05) is 7.11 Å². The maximum Gasteiger partial charge on any atom is 0.267 e. The first-order valence-electron chi connectivity index (χ1n) is 7.56. The van der Waals surface area contributed by atoms with Crippen LogP contribution >= 0.6 is 0 Å². The topological polar surface area (TPSA) is 47.0 Å². The zero-order valence-electron chi connectivity index (χ0n) is 13.3. The minimum absolute atomic E-state index is 0.0305. The Morgan fingerprint density at radius 1 is 1.24 bits per heavy atom. The van der Waals surface area contributed by atoms with Crippen LogP contribution < -0.4 is 10.3 Å². The number of hydrogen-bond donors (Lipinski definition) is 1. The van der Waals surface area contributed by atoms with Crippen molar-refractivity contribution in [3.8, 4) is 11.4 Å². The Bertz CT molecular complexity index is 636. The first-order chi connectivity index (χ1) is 10.1. The van der Waals surface area contributed by atoms with E-state index in [9.17, 15) is 4.79 Å². The van der Waals surface area contributed by atoms with Crippen LogP contribution in [0.4, 0.5) is 0 Å². The first-order valence-corrected chi connectivity index (χ1v) is 7.56. The number of nitrogens with zero attached hydrogens (tertiary/aromatic N) is 1. The number of aromatic amines is 1. The van der Waals surface area contributed by atoms with Crippen LogP contribution in [0.2, 0.25) is 0 Å². The Morgan fingerprint density at radius 2 is 1.90 bits per heavy atom. The number of nitrogens with one attached hydrogen (secondary N) is 1. The van der Waals surface area contributed by atoms with Crippen molar-refractivity contribution in [2.24, 2.45) is 0 Å². The molecule has 0 aliphatic heterocycles. The van der Waals surface area contributed by atoms with E-state index >= 15 is 0 Å². The van der Waals surface area contributed by atoms with Crippen molar-refractivity contribution in [3.05, 3.63) is 45.9 Å². The molecule has 0 radical (unpaired) electrons. The Labute approximate surface area is 125 Å². The SMILES string of the molecule is CCCCc1c(C(C)C)n(-c2ccc(OC)cc2)[nH]c1=O. The third-order valence-electron chi connectivity index (χ3n) is 3.70. The van der Waals surface area contributed by atoms with Crippen LogP contribution in [0.1, 0.15) is 50.8 Å². The molecule has 114 valence electrons. The second kappa shape index (κ2) is 6.66. The van der Waals surface area contributed by atoms with Gasteiger partial charge >= 0.3 is 0 Å². The van der Waals surface area contributed by atoms with Gasteiger partial charge < -0.3 is 4.74 Å². The third kappa shape index (κ3) is 3.20. The number of hydrogen-bond acceptors (Lipinski definition) is 2.